The van der Waals surface area contributed by atoms with E-state index in [0.717, 1.165) is 19.3 Å². The minimum Gasteiger partial charge on any atom is -0.339 e. The van der Waals surface area contributed by atoms with Crippen molar-refractivity contribution in [2.45, 2.75) is 46.1 Å². The fourth-order valence-corrected chi connectivity index (χ4v) is 3.58. The monoisotopic (exact) mass is 376 g/mol. The van der Waals surface area contributed by atoms with Crippen LogP contribution in [0.25, 0.3) is 11.2 Å². The van der Waals surface area contributed by atoms with Gasteiger partial charge in [0, 0.05) is 46.2 Å². The first-order valence-electron chi connectivity index (χ1n) is 9.70. The summed E-state index contributed by atoms with van der Waals surface area (Å²) in [6.45, 7) is 7.28. The summed E-state index contributed by atoms with van der Waals surface area (Å²) in [6, 6.07) is 0. The fourth-order valence-electron chi connectivity index (χ4n) is 3.58. The van der Waals surface area contributed by atoms with Crippen molar-refractivity contribution in [1.82, 2.24) is 24.0 Å². The number of fused-ring (bicyclic) bond motifs is 1. The number of rotatable bonds is 6. The number of amides is 1. The van der Waals surface area contributed by atoms with Crippen LogP contribution in [0.2, 0.25) is 0 Å². The largest absolute Gasteiger partial charge is 0.339 e. The lowest BCUT2D eigenvalue weighted by Crippen LogP contribution is -2.49. The van der Waals surface area contributed by atoms with Crippen molar-refractivity contribution in [3.05, 3.63) is 20.8 Å². The van der Waals surface area contributed by atoms with Crippen LogP contribution in [0.3, 0.4) is 0 Å². The molecule has 0 saturated carbocycles. The Kier molecular flexibility index (Phi) is 5.67. The van der Waals surface area contributed by atoms with Gasteiger partial charge in [-0.2, -0.15) is 4.98 Å². The number of aromatic nitrogens is 4. The maximum Gasteiger partial charge on any atom is 0.329 e. The Hall–Kier alpha value is -2.58. The second-order valence-electron chi connectivity index (χ2n) is 6.98. The van der Waals surface area contributed by atoms with Crippen molar-refractivity contribution in [3.8, 4) is 0 Å². The van der Waals surface area contributed by atoms with Gasteiger partial charge in [0.1, 0.15) is 0 Å². The number of aromatic amines is 1. The van der Waals surface area contributed by atoms with E-state index >= 15 is 0 Å². The average Bonchev–Trinajstić information content (AvgIpc) is 3.06. The van der Waals surface area contributed by atoms with Gasteiger partial charge in [-0.3, -0.25) is 19.1 Å². The van der Waals surface area contributed by atoms with Gasteiger partial charge < -0.3 is 14.4 Å². The molecule has 0 aliphatic carbocycles. The van der Waals surface area contributed by atoms with Crippen molar-refractivity contribution >= 4 is 23.0 Å². The molecule has 27 heavy (non-hydrogen) atoms. The van der Waals surface area contributed by atoms with Crippen LogP contribution in [0.5, 0.6) is 0 Å². The van der Waals surface area contributed by atoms with Crippen molar-refractivity contribution in [2.75, 3.05) is 31.1 Å². The topological polar surface area (TPSA) is 96.2 Å². The first-order valence-corrected chi connectivity index (χ1v) is 9.70. The summed E-state index contributed by atoms with van der Waals surface area (Å²) in [6.07, 6.45) is 3.58. The molecule has 9 heteroatoms. The molecule has 0 bridgehead atoms. The molecule has 148 valence electrons. The molecule has 2 aromatic heterocycles. The number of imidazole rings is 1. The molecule has 1 N–H and O–H groups in total. The first-order chi connectivity index (χ1) is 13.0. The van der Waals surface area contributed by atoms with Crippen LogP contribution < -0.4 is 16.1 Å². The van der Waals surface area contributed by atoms with E-state index in [1.165, 1.54) is 4.57 Å². The van der Waals surface area contributed by atoms with E-state index in [-0.39, 0.29) is 5.91 Å². The van der Waals surface area contributed by atoms with Gasteiger partial charge in [0.15, 0.2) is 11.2 Å². The number of unbranched alkanes of at least 4 members (excludes halogenated alkanes) is 2. The zero-order valence-electron chi connectivity index (χ0n) is 16.3. The highest BCUT2D eigenvalue weighted by atomic mass is 16.2. The molecule has 0 radical (unpaired) electrons. The predicted molar refractivity (Wildman–Crippen MR) is 104 cm³/mol. The minimum absolute atomic E-state index is 0.157. The number of hydrogen-bond acceptors (Lipinski definition) is 5. The van der Waals surface area contributed by atoms with Crippen molar-refractivity contribution in [3.63, 3.8) is 0 Å². The Bertz CT molecular complexity index is 933. The molecule has 0 unspecified atom stereocenters. The van der Waals surface area contributed by atoms with Gasteiger partial charge in [0.2, 0.25) is 11.9 Å². The average molecular weight is 376 g/mol. The van der Waals surface area contributed by atoms with Gasteiger partial charge >= 0.3 is 5.69 Å². The van der Waals surface area contributed by atoms with Gasteiger partial charge in [-0.05, 0) is 6.42 Å². The molecule has 0 aromatic carbocycles. The first kappa shape index (κ1) is 19.2. The molecular formula is C18H28N6O3. The van der Waals surface area contributed by atoms with Crippen molar-refractivity contribution < 1.29 is 4.79 Å². The third-order valence-electron chi connectivity index (χ3n) is 5.19. The molecule has 1 saturated heterocycles. The third-order valence-corrected chi connectivity index (χ3v) is 5.19. The number of carbonyl (C=O) groups excluding carboxylic acids is 1. The number of H-pyrrole nitrogens is 1. The maximum atomic E-state index is 12.5. The van der Waals surface area contributed by atoms with E-state index in [2.05, 4.69) is 21.8 Å². The Morgan fingerprint density at radius 3 is 2.44 bits per heavy atom. The molecule has 1 fully saturated rings. The van der Waals surface area contributed by atoms with Crippen LogP contribution in [-0.2, 0) is 18.4 Å². The Labute approximate surface area is 157 Å². The second kappa shape index (κ2) is 7.98. The Morgan fingerprint density at radius 1 is 1.11 bits per heavy atom. The van der Waals surface area contributed by atoms with E-state index in [1.807, 2.05) is 16.4 Å². The summed E-state index contributed by atoms with van der Waals surface area (Å²) in [5, 5.41) is 0. The van der Waals surface area contributed by atoms with Gasteiger partial charge in [-0.15, -0.1) is 0 Å². The van der Waals surface area contributed by atoms with Crippen LogP contribution >= 0.6 is 0 Å². The molecule has 9 nitrogen and oxygen atoms in total. The molecule has 1 aliphatic rings. The summed E-state index contributed by atoms with van der Waals surface area (Å²) >= 11 is 0. The fraction of sp³-hybridized carbons (Fsp3) is 0.667. The molecule has 1 aliphatic heterocycles. The number of nitrogens with zero attached hydrogens (tertiary/aromatic N) is 5. The molecule has 3 heterocycles. The highest BCUT2D eigenvalue weighted by Crippen LogP contribution is 2.22. The van der Waals surface area contributed by atoms with E-state index in [9.17, 15) is 14.4 Å². The lowest BCUT2D eigenvalue weighted by Gasteiger charge is -2.35. The summed E-state index contributed by atoms with van der Waals surface area (Å²) < 4.78 is 3.31. The van der Waals surface area contributed by atoms with E-state index < -0.39 is 11.2 Å². The summed E-state index contributed by atoms with van der Waals surface area (Å²) in [4.78, 5) is 47.4. The quantitative estimate of drug-likeness (QED) is 0.748. The van der Waals surface area contributed by atoms with Crippen LogP contribution in [0.4, 0.5) is 5.95 Å². The summed E-state index contributed by atoms with van der Waals surface area (Å²) in [5.41, 5.74) is -0.0173. The zero-order chi connectivity index (χ0) is 19.6. The van der Waals surface area contributed by atoms with Gasteiger partial charge in [0.05, 0.1) is 0 Å². The molecule has 0 atom stereocenters. The molecular weight excluding hydrogens is 348 g/mol. The molecule has 1 amide bonds. The van der Waals surface area contributed by atoms with Crippen LogP contribution in [-0.4, -0.2) is 56.1 Å². The molecule has 2 aromatic rings. The Balaban J connectivity index is 1.99. The predicted octanol–water partition coefficient (Wildman–Crippen LogP) is 0.672. The number of aryl methyl sites for hydroxylation is 2. The number of carbonyl (C=O) groups is 1. The standard InChI is InChI=1S/C18H28N6O3/c1-4-6-7-8-24-14-15(21(3)18(27)20-16(14)26)19-17(24)23-11-9-22(10-12-23)13(25)5-2/h4-12H2,1-3H3,(H,20,26,27). The highest BCUT2D eigenvalue weighted by Gasteiger charge is 2.25. The van der Waals surface area contributed by atoms with Gasteiger partial charge in [-0.1, -0.05) is 26.7 Å². The SMILES string of the molecule is CCCCCn1c(N2CCN(C(=O)CC)CC2)nc2c1c(=O)[nH]c(=O)n2C. The van der Waals surface area contributed by atoms with Crippen molar-refractivity contribution in [1.29, 1.82) is 0 Å². The van der Waals surface area contributed by atoms with E-state index in [1.54, 1.807) is 7.05 Å². The lowest BCUT2D eigenvalue weighted by molar-refractivity contribution is -0.131. The highest BCUT2D eigenvalue weighted by molar-refractivity contribution is 5.76. The summed E-state index contributed by atoms with van der Waals surface area (Å²) in [7, 11) is 1.62. The maximum absolute atomic E-state index is 12.5. The summed E-state index contributed by atoms with van der Waals surface area (Å²) in [5.74, 6) is 0.862. The van der Waals surface area contributed by atoms with Gasteiger partial charge in [-0.25, -0.2) is 4.79 Å². The lowest BCUT2D eigenvalue weighted by atomic mass is 10.2. The molecule has 3 rings (SSSR count). The number of hydrogen-bond donors (Lipinski definition) is 1. The Morgan fingerprint density at radius 2 is 1.81 bits per heavy atom. The van der Waals surface area contributed by atoms with Gasteiger partial charge in [0.25, 0.3) is 5.56 Å². The number of piperazine rings is 1. The van der Waals surface area contributed by atoms with E-state index in [4.69, 9.17) is 0 Å². The van der Waals surface area contributed by atoms with Crippen LogP contribution in [0.1, 0.15) is 39.5 Å². The molecule has 0 spiro atoms. The third kappa shape index (κ3) is 3.63. The number of nitrogens with one attached hydrogen (secondary N) is 1. The van der Waals surface area contributed by atoms with E-state index in [0.29, 0.717) is 56.3 Å². The smallest absolute Gasteiger partial charge is 0.329 e. The van der Waals surface area contributed by atoms with Crippen LogP contribution in [0.15, 0.2) is 9.59 Å². The van der Waals surface area contributed by atoms with Crippen molar-refractivity contribution in [2.24, 2.45) is 7.05 Å². The van der Waals surface area contributed by atoms with Crippen LogP contribution in [0, 0.1) is 0 Å². The number of anilines is 1. The minimum atomic E-state index is -0.462. The zero-order valence-corrected chi connectivity index (χ0v) is 16.3. The normalized spacial score (nSPS) is 14.9. The second-order valence-corrected chi connectivity index (χ2v) is 6.98.